The molecule has 0 spiro atoms. The summed E-state index contributed by atoms with van der Waals surface area (Å²) < 4.78 is 5.25. The smallest absolute Gasteiger partial charge is 0.410 e. The fourth-order valence-corrected chi connectivity index (χ4v) is 1.86. The van der Waals surface area contributed by atoms with Gasteiger partial charge in [-0.2, -0.15) is 0 Å². The van der Waals surface area contributed by atoms with E-state index in [1.807, 2.05) is 20.8 Å². The molecule has 1 saturated heterocycles. The highest BCUT2D eigenvalue weighted by atomic mass is 16.6. The summed E-state index contributed by atoms with van der Waals surface area (Å²) in [5.74, 6) is -0.0528. The van der Waals surface area contributed by atoms with E-state index in [1.54, 1.807) is 4.90 Å². The number of carbonyl (C=O) groups excluding carboxylic acids is 1. The molecule has 0 bridgehead atoms. The lowest BCUT2D eigenvalue weighted by Crippen LogP contribution is -2.36. The van der Waals surface area contributed by atoms with Gasteiger partial charge in [0.05, 0.1) is 12.6 Å². The molecule has 1 aliphatic rings. The summed E-state index contributed by atoms with van der Waals surface area (Å²) in [6.45, 7) is 6.49. The van der Waals surface area contributed by atoms with Gasteiger partial charge in [0.2, 0.25) is 0 Å². The van der Waals surface area contributed by atoms with E-state index in [1.165, 1.54) is 0 Å². The van der Waals surface area contributed by atoms with Crippen molar-refractivity contribution >= 4 is 6.09 Å². The third-order valence-corrected chi connectivity index (χ3v) is 2.75. The number of aliphatic hydroxyl groups is 1. The van der Waals surface area contributed by atoms with E-state index in [4.69, 9.17) is 10.3 Å². The average molecular weight is 256 g/mol. The lowest BCUT2D eigenvalue weighted by molar-refractivity contribution is 0.0271. The van der Waals surface area contributed by atoms with Gasteiger partial charge in [0.25, 0.3) is 0 Å². The number of amides is 1. The Balaban J connectivity index is 2.45. The molecule has 0 unspecified atom stereocenters. The van der Waals surface area contributed by atoms with Crippen LogP contribution >= 0.6 is 0 Å². The zero-order chi connectivity index (χ0) is 13.8. The van der Waals surface area contributed by atoms with Crippen LogP contribution in [0.2, 0.25) is 0 Å². The number of aliphatic hydroxyl groups excluding tert-OH is 1. The van der Waals surface area contributed by atoms with Crippen LogP contribution in [0.3, 0.4) is 0 Å². The molecular weight excluding hydrogens is 236 g/mol. The van der Waals surface area contributed by atoms with Gasteiger partial charge in [-0.05, 0) is 32.7 Å². The fraction of sp³-hybridized carbons (Fsp3) is 0.909. The maximum Gasteiger partial charge on any atom is 0.410 e. The molecule has 0 radical (unpaired) electrons. The molecule has 1 fully saturated rings. The second-order valence-corrected chi connectivity index (χ2v) is 5.46. The van der Waals surface area contributed by atoms with Gasteiger partial charge in [0.1, 0.15) is 5.60 Å². The summed E-state index contributed by atoms with van der Waals surface area (Å²) >= 11 is 0. The van der Waals surface area contributed by atoms with Gasteiger partial charge in [-0.3, -0.25) is 0 Å². The van der Waals surface area contributed by atoms with Crippen molar-refractivity contribution in [3.63, 3.8) is 0 Å². The van der Waals surface area contributed by atoms with E-state index in [2.05, 4.69) is 10.0 Å². The Labute approximate surface area is 106 Å². The van der Waals surface area contributed by atoms with Gasteiger partial charge in [-0.1, -0.05) is 5.11 Å². The van der Waals surface area contributed by atoms with E-state index in [-0.39, 0.29) is 18.6 Å². The Morgan fingerprint density at radius 2 is 2.33 bits per heavy atom. The van der Waals surface area contributed by atoms with Gasteiger partial charge >= 0.3 is 6.09 Å². The SMILES string of the molecule is CC(C)(C)OC(=O)N1CC[C@H]([C@H](O)CN=[N+]=[N-])C1. The topological polar surface area (TPSA) is 98.5 Å². The van der Waals surface area contributed by atoms with Crippen molar-refractivity contribution in [3.8, 4) is 0 Å². The van der Waals surface area contributed by atoms with Crippen molar-refractivity contribution in [2.45, 2.75) is 38.9 Å². The van der Waals surface area contributed by atoms with Gasteiger partial charge in [0.15, 0.2) is 0 Å². The van der Waals surface area contributed by atoms with E-state index >= 15 is 0 Å². The monoisotopic (exact) mass is 256 g/mol. The largest absolute Gasteiger partial charge is 0.444 e. The third kappa shape index (κ3) is 4.43. The summed E-state index contributed by atoms with van der Waals surface area (Å²) in [5.41, 5.74) is 7.67. The summed E-state index contributed by atoms with van der Waals surface area (Å²) in [4.78, 5) is 16.0. The molecule has 0 aromatic carbocycles. The molecule has 0 aliphatic carbocycles. The predicted molar refractivity (Wildman–Crippen MR) is 65.9 cm³/mol. The first-order valence-corrected chi connectivity index (χ1v) is 6.00. The van der Waals surface area contributed by atoms with E-state index < -0.39 is 11.7 Å². The van der Waals surface area contributed by atoms with Gasteiger partial charge in [-0.15, -0.1) is 0 Å². The van der Waals surface area contributed by atoms with E-state index in [0.717, 1.165) is 0 Å². The normalized spacial score (nSPS) is 21.3. The Morgan fingerprint density at radius 1 is 1.67 bits per heavy atom. The quantitative estimate of drug-likeness (QED) is 0.474. The van der Waals surface area contributed by atoms with Crippen molar-refractivity contribution in [2.75, 3.05) is 19.6 Å². The Bertz CT molecular complexity index is 347. The summed E-state index contributed by atoms with van der Waals surface area (Å²) in [7, 11) is 0. The number of hydrogen-bond acceptors (Lipinski definition) is 4. The molecule has 2 atom stereocenters. The lowest BCUT2D eigenvalue weighted by atomic mass is 10.0. The highest BCUT2D eigenvalue weighted by molar-refractivity contribution is 5.68. The highest BCUT2D eigenvalue weighted by Gasteiger charge is 2.32. The summed E-state index contributed by atoms with van der Waals surface area (Å²) in [6.07, 6.45) is -0.365. The fourth-order valence-electron chi connectivity index (χ4n) is 1.86. The van der Waals surface area contributed by atoms with E-state index in [9.17, 15) is 9.90 Å². The molecule has 0 aromatic heterocycles. The number of rotatable bonds is 3. The zero-order valence-corrected chi connectivity index (χ0v) is 11.0. The summed E-state index contributed by atoms with van der Waals surface area (Å²) in [5, 5.41) is 13.1. The third-order valence-electron chi connectivity index (χ3n) is 2.75. The van der Waals surface area contributed by atoms with Crippen LogP contribution in [0.25, 0.3) is 10.4 Å². The van der Waals surface area contributed by atoms with Crippen molar-refractivity contribution < 1.29 is 14.6 Å². The van der Waals surface area contributed by atoms with Crippen molar-refractivity contribution in [3.05, 3.63) is 10.4 Å². The van der Waals surface area contributed by atoms with Crippen LogP contribution in [-0.2, 0) is 4.74 Å². The highest BCUT2D eigenvalue weighted by Crippen LogP contribution is 2.22. The minimum absolute atomic E-state index is 0.0450. The molecule has 18 heavy (non-hydrogen) atoms. The predicted octanol–water partition coefficient (Wildman–Crippen LogP) is 1.91. The van der Waals surface area contributed by atoms with Crippen molar-refractivity contribution in [1.82, 2.24) is 4.90 Å². The molecule has 1 heterocycles. The number of azide groups is 1. The van der Waals surface area contributed by atoms with E-state index in [0.29, 0.717) is 19.5 Å². The van der Waals surface area contributed by atoms with Crippen LogP contribution in [0.4, 0.5) is 4.79 Å². The second-order valence-electron chi connectivity index (χ2n) is 5.46. The lowest BCUT2D eigenvalue weighted by Gasteiger charge is -2.24. The van der Waals surface area contributed by atoms with Gasteiger partial charge in [0, 0.05) is 23.9 Å². The first-order valence-electron chi connectivity index (χ1n) is 6.00. The summed E-state index contributed by atoms with van der Waals surface area (Å²) in [6, 6.07) is 0. The Kier molecular flexibility index (Phi) is 4.81. The minimum Gasteiger partial charge on any atom is -0.444 e. The number of likely N-dealkylation sites (tertiary alicyclic amines) is 1. The molecule has 7 nitrogen and oxygen atoms in total. The molecule has 0 aromatic rings. The maximum atomic E-state index is 11.8. The van der Waals surface area contributed by atoms with Crippen molar-refractivity contribution in [1.29, 1.82) is 0 Å². The van der Waals surface area contributed by atoms with Gasteiger partial charge < -0.3 is 14.7 Å². The second kappa shape index (κ2) is 5.93. The minimum atomic E-state index is -0.701. The molecule has 7 heteroatoms. The van der Waals surface area contributed by atoms with Crippen LogP contribution in [0.5, 0.6) is 0 Å². The van der Waals surface area contributed by atoms with Crippen LogP contribution in [0.15, 0.2) is 5.11 Å². The van der Waals surface area contributed by atoms with Gasteiger partial charge in [-0.25, -0.2) is 4.79 Å². The molecule has 1 rings (SSSR count). The first kappa shape index (κ1) is 14.6. The standard InChI is InChI=1S/C11H20N4O3/c1-11(2,3)18-10(17)15-5-4-8(7-15)9(16)6-13-14-12/h8-9,16H,4-7H2,1-3H3/t8-,9+/m0/s1. The molecule has 0 saturated carbocycles. The molecule has 102 valence electrons. The van der Waals surface area contributed by atoms with Crippen LogP contribution < -0.4 is 0 Å². The number of carbonyl (C=O) groups is 1. The first-order chi connectivity index (χ1) is 8.33. The molecule has 1 N–H and O–H groups in total. The van der Waals surface area contributed by atoms with Crippen LogP contribution in [0.1, 0.15) is 27.2 Å². The molecule has 1 amide bonds. The van der Waals surface area contributed by atoms with Crippen molar-refractivity contribution in [2.24, 2.45) is 11.0 Å². The number of ether oxygens (including phenoxy) is 1. The Hall–Kier alpha value is -1.46. The molecular formula is C11H20N4O3. The average Bonchev–Trinajstić information content (AvgIpc) is 2.72. The zero-order valence-electron chi connectivity index (χ0n) is 11.0. The number of hydrogen-bond donors (Lipinski definition) is 1. The van der Waals surface area contributed by atoms with Crippen LogP contribution in [-0.4, -0.2) is 47.4 Å². The number of nitrogens with zero attached hydrogens (tertiary/aromatic N) is 4. The maximum absolute atomic E-state index is 11.8. The molecule has 1 aliphatic heterocycles. The Morgan fingerprint density at radius 3 is 2.89 bits per heavy atom. The van der Waals surface area contributed by atoms with Crippen LogP contribution in [0, 0.1) is 5.92 Å².